The van der Waals surface area contributed by atoms with Crippen LogP contribution in [0.3, 0.4) is 0 Å². The molecular formula is C16H22N2O2. The van der Waals surface area contributed by atoms with Crippen molar-refractivity contribution in [2.24, 2.45) is 5.73 Å². The number of carbonyl (C=O) groups is 1. The average molecular weight is 274 g/mol. The Bertz CT molecular complexity index is 616. The summed E-state index contributed by atoms with van der Waals surface area (Å²) in [5, 5.41) is 1.15. The summed E-state index contributed by atoms with van der Waals surface area (Å²) in [6.07, 6.45) is 1.49. The Morgan fingerprint density at radius 2 is 2.15 bits per heavy atom. The van der Waals surface area contributed by atoms with E-state index in [1.54, 1.807) is 6.92 Å². The van der Waals surface area contributed by atoms with Crippen LogP contribution in [0, 0.1) is 6.92 Å². The van der Waals surface area contributed by atoms with Gasteiger partial charge in [-0.2, -0.15) is 0 Å². The summed E-state index contributed by atoms with van der Waals surface area (Å²) in [7, 11) is 0. The topological polar surface area (TPSA) is 68.1 Å². The van der Waals surface area contributed by atoms with Crippen LogP contribution in [0.1, 0.15) is 30.7 Å². The van der Waals surface area contributed by atoms with Gasteiger partial charge in [0.15, 0.2) is 0 Å². The van der Waals surface area contributed by atoms with Crippen LogP contribution in [0.25, 0.3) is 10.9 Å². The van der Waals surface area contributed by atoms with Crippen LogP contribution in [0.4, 0.5) is 0 Å². The Hall–Kier alpha value is -1.81. The molecule has 1 unspecified atom stereocenters. The maximum absolute atomic E-state index is 11.7. The normalized spacial score (nSPS) is 12.6. The zero-order valence-electron chi connectivity index (χ0n) is 12.3. The molecule has 1 heterocycles. The van der Waals surface area contributed by atoms with Crippen LogP contribution in [-0.2, 0) is 22.4 Å². The van der Waals surface area contributed by atoms with Crippen molar-refractivity contribution >= 4 is 16.9 Å². The van der Waals surface area contributed by atoms with Crippen LogP contribution in [0.5, 0.6) is 0 Å². The molecule has 3 N–H and O–H groups in total. The van der Waals surface area contributed by atoms with E-state index in [1.165, 1.54) is 5.56 Å². The van der Waals surface area contributed by atoms with E-state index < -0.39 is 6.04 Å². The van der Waals surface area contributed by atoms with Crippen molar-refractivity contribution in [3.8, 4) is 0 Å². The number of nitrogens with two attached hydrogens (primary N) is 1. The van der Waals surface area contributed by atoms with Gasteiger partial charge in [-0.15, -0.1) is 0 Å². The molecule has 4 heteroatoms. The summed E-state index contributed by atoms with van der Waals surface area (Å²) in [5.41, 5.74) is 10.5. The van der Waals surface area contributed by atoms with Gasteiger partial charge in [-0.1, -0.05) is 13.0 Å². The van der Waals surface area contributed by atoms with Crippen molar-refractivity contribution in [2.45, 2.75) is 39.7 Å². The average Bonchev–Trinajstić information content (AvgIpc) is 2.74. The standard InChI is InChI=1S/C16H22N2O2/c1-4-11-6-7-15-13(8-11)12(10(3)18-15)9-14(17)16(19)20-5-2/h6-8,14,18H,4-5,9,17H2,1-3H3. The number of ether oxygens (including phenoxy) is 1. The summed E-state index contributed by atoms with van der Waals surface area (Å²) in [5.74, 6) is -0.340. The van der Waals surface area contributed by atoms with Crippen molar-refractivity contribution in [1.82, 2.24) is 4.98 Å². The second-order valence-corrected chi connectivity index (χ2v) is 5.02. The minimum Gasteiger partial charge on any atom is -0.465 e. The Morgan fingerprint density at radius 1 is 1.40 bits per heavy atom. The Labute approximate surface area is 119 Å². The number of hydrogen-bond donors (Lipinski definition) is 2. The number of aromatic nitrogens is 1. The van der Waals surface area contributed by atoms with E-state index in [2.05, 4.69) is 30.1 Å². The molecule has 4 nitrogen and oxygen atoms in total. The number of aromatic amines is 1. The van der Waals surface area contributed by atoms with Gasteiger partial charge >= 0.3 is 5.97 Å². The third kappa shape index (κ3) is 2.85. The number of nitrogens with one attached hydrogen (secondary N) is 1. The second kappa shape index (κ2) is 6.09. The number of carbonyl (C=O) groups excluding carboxylic acids is 1. The first-order valence-electron chi connectivity index (χ1n) is 7.09. The fourth-order valence-electron chi connectivity index (χ4n) is 2.47. The SMILES string of the molecule is CCOC(=O)C(N)Cc1c(C)[nH]c2ccc(CC)cc12. The monoisotopic (exact) mass is 274 g/mol. The summed E-state index contributed by atoms with van der Waals surface area (Å²) in [6.45, 7) is 6.29. The highest BCUT2D eigenvalue weighted by Gasteiger charge is 2.19. The zero-order chi connectivity index (χ0) is 14.7. The van der Waals surface area contributed by atoms with Crippen LogP contribution in [0.15, 0.2) is 18.2 Å². The molecule has 1 aromatic carbocycles. The van der Waals surface area contributed by atoms with Crippen LogP contribution >= 0.6 is 0 Å². The van der Waals surface area contributed by atoms with E-state index in [9.17, 15) is 4.79 Å². The molecule has 108 valence electrons. The van der Waals surface area contributed by atoms with Crippen molar-refractivity contribution < 1.29 is 9.53 Å². The van der Waals surface area contributed by atoms with E-state index in [0.29, 0.717) is 13.0 Å². The van der Waals surface area contributed by atoms with E-state index in [4.69, 9.17) is 10.5 Å². The minimum absolute atomic E-state index is 0.340. The number of H-pyrrole nitrogens is 1. The summed E-state index contributed by atoms with van der Waals surface area (Å²) in [6, 6.07) is 5.76. The van der Waals surface area contributed by atoms with Gasteiger partial charge in [-0.3, -0.25) is 4.79 Å². The van der Waals surface area contributed by atoms with Crippen LogP contribution < -0.4 is 5.73 Å². The number of fused-ring (bicyclic) bond motifs is 1. The molecule has 0 aliphatic carbocycles. The Kier molecular flexibility index (Phi) is 4.45. The molecule has 0 saturated carbocycles. The van der Waals surface area contributed by atoms with E-state index in [-0.39, 0.29) is 5.97 Å². The van der Waals surface area contributed by atoms with Gasteiger partial charge in [-0.25, -0.2) is 0 Å². The van der Waals surface area contributed by atoms with Gasteiger partial charge in [0.1, 0.15) is 6.04 Å². The highest BCUT2D eigenvalue weighted by molar-refractivity contribution is 5.86. The predicted octanol–water partition coefficient (Wildman–Crippen LogP) is 2.47. The van der Waals surface area contributed by atoms with Gasteiger partial charge in [-0.05, 0) is 43.5 Å². The van der Waals surface area contributed by atoms with Gasteiger partial charge in [0.25, 0.3) is 0 Å². The number of benzene rings is 1. The highest BCUT2D eigenvalue weighted by Crippen LogP contribution is 2.24. The largest absolute Gasteiger partial charge is 0.465 e. The minimum atomic E-state index is -0.613. The molecule has 0 amide bonds. The first-order valence-corrected chi connectivity index (χ1v) is 7.09. The van der Waals surface area contributed by atoms with E-state index in [0.717, 1.165) is 28.6 Å². The molecule has 1 atom stereocenters. The molecule has 0 aliphatic rings. The number of aryl methyl sites for hydroxylation is 2. The zero-order valence-corrected chi connectivity index (χ0v) is 12.3. The maximum Gasteiger partial charge on any atom is 0.323 e. The first kappa shape index (κ1) is 14.6. The van der Waals surface area contributed by atoms with Gasteiger partial charge in [0.05, 0.1) is 6.61 Å². The molecule has 0 radical (unpaired) electrons. The lowest BCUT2D eigenvalue weighted by Gasteiger charge is -2.11. The number of rotatable bonds is 5. The van der Waals surface area contributed by atoms with Crippen molar-refractivity contribution in [3.63, 3.8) is 0 Å². The molecule has 0 saturated heterocycles. The smallest absolute Gasteiger partial charge is 0.323 e. The van der Waals surface area contributed by atoms with Crippen LogP contribution in [-0.4, -0.2) is 23.6 Å². The number of hydrogen-bond acceptors (Lipinski definition) is 3. The molecule has 0 aliphatic heterocycles. The molecule has 20 heavy (non-hydrogen) atoms. The quantitative estimate of drug-likeness (QED) is 0.823. The lowest BCUT2D eigenvalue weighted by Crippen LogP contribution is -2.34. The van der Waals surface area contributed by atoms with Gasteiger partial charge in [0, 0.05) is 23.0 Å². The third-order valence-electron chi connectivity index (χ3n) is 3.61. The van der Waals surface area contributed by atoms with Crippen LogP contribution in [0.2, 0.25) is 0 Å². The summed E-state index contributed by atoms with van der Waals surface area (Å²) < 4.78 is 4.98. The molecule has 2 aromatic rings. The molecule has 0 fully saturated rings. The predicted molar refractivity (Wildman–Crippen MR) is 80.7 cm³/mol. The van der Waals surface area contributed by atoms with Crippen molar-refractivity contribution in [1.29, 1.82) is 0 Å². The highest BCUT2D eigenvalue weighted by atomic mass is 16.5. The molecule has 1 aromatic heterocycles. The van der Waals surface area contributed by atoms with E-state index in [1.807, 2.05) is 6.92 Å². The lowest BCUT2D eigenvalue weighted by atomic mass is 10.0. The number of esters is 1. The van der Waals surface area contributed by atoms with Crippen molar-refractivity contribution in [2.75, 3.05) is 6.61 Å². The molecular weight excluding hydrogens is 252 g/mol. The fourth-order valence-corrected chi connectivity index (χ4v) is 2.47. The summed E-state index contributed by atoms with van der Waals surface area (Å²) >= 11 is 0. The molecule has 2 rings (SSSR count). The van der Waals surface area contributed by atoms with Gasteiger partial charge in [0.2, 0.25) is 0 Å². The second-order valence-electron chi connectivity index (χ2n) is 5.02. The Morgan fingerprint density at radius 3 is 2.80 bits per heavy atom. The first-order chi connectivity index (χ1) is 9.56. The van der Waals surface area contributed by atoms with E-state index >= 15 is 0 Å². The molecule has 0 bridgehead atoms. The lowest BCUT2D eigenvalue weighted by molar-refractivity contribution is -0.144. The fraction of sp³-hybridized carbons (Fsp3) is 0.438. The summed E-state index contributed by atoms with van der Waals surface area (Å²) in [4.78, 5) is 15.0. The third-order valence-corrected chi connectivity index (χ3v) is 3.61. The molecule has 0 spiro atoms. The Balaban J connectivity index is 2.33. The maximum atomic E-state index is 11.7. The van der Waals surface area contributed by atoms with Gasteiger partial charge < -0.3 is 15.5 Å². The van der Waals surface area contributed by atoms with Crippen molar-refractivity contribution in [3.05, 3.63) is 35.0 Å².